The van der Waals surface area contributed by atoms with Crippen molar-refractivity contribution in [2.45, 2.75) is 219 Å². The second kappa shape index (κ2) is 42.8. The molecule has 5 aromatic heterocycles. The lowest BCUT2D eigenvalue weighted by Crippen LogP contribution is -2.54. The second-order valence-electron chi connectivity index (χ2n) is 35.0. The molecule has 668 valence electrons. The average molecular weight is 1720 g/mol. The topological polar surface area (TPSA) is 391 Å². The quantitative estimate of drug-likeness (QED) is 0.0253. The van der Waals surface area contributed by atoms with Gasteiger partial charge >= 0.3 is 12.1 Å². The summed E-state index contributed by atoms with van der Waals surface area (Å²) in [6.07, 6.45) is 27.5. The molecular formula is C93H122N18O14. The van der Waals surface area contributed by atoms with Gasteiger partial charge in [0.05, 0.1) is 55.4 Å². The fourth-order valence-electron chi connectivity index (χ4n) is 18.4. The monoisotopic (exact) mass is 1710 g/mol. The van der Waals surface area contributed by atoms with Gasteiger partial charge in [-0.15, -0.1) is 0 Å². The SMILES string of the molecule is CO[C@H]1CC2CCCC(O2)C(=O)C(=O)N2CCCC[C@H]2C(=O)O[C@H](CCC2CCC(OC(=O)NCc3cnc(N4CCN(C(=O)CCOCCN5CCN(c6ncc(C(=O)N7CCc8cc(Cn9nc(-c%10ccc%11oc(N)nc%11c%10)c%10c(N)ncnc%109)ccc8C7)cn6)CC5)CC4)nc3)CC2)CC[C@H](C)/C=C(\C)[C@@H](O)CC(=O)[C@H](C)C[C@H](C)/C=C/C=CC=C1C. The lowest BCUT2D eigenvalue weighted by atomic mass is 9.83. The van der Waals surface area contributed by atoms with E-state index < -0.39 is 48.1 Å². The number of aromatic nitrogens is 9. The predicted molar refractivity (Wildman–Crippen MR) is 471 cm³/mol. The van der Waals surface area contributed by atoms with Crippen LogP contribution in [0.25, 0.3) is 33.4 Å². The number of ketones is 2. The van der Waals surface area contributed by atoms with Crippen LogP contribution in [0.4, 0.5) is 28.5 Å². The number of rotatable bonds is 19. The highest BCUT2D eigenvalue weighted by molar-refractivity contribution is 6.38. The zero-order valence-corrected chi connectivity index (χ0v) is 73.0. The van der Waals surface area contributed by atoms with Crippen LogP contribution in [0.15, 0.2) is 120 Å². The van der Waals surface area contributed by atoms with Crippen molar-refractivity contribution < 1.29 is 66.8 Å². The Bertz CT molecular complexity index is 5030. The largest absolute Gasteiger partial charge is 0.461 e. The Labute approximate surface area is 730 Å². The van der Waals surface area contributed by atoms with Gasteiger partial charge in [0.1, 0.15) is 53.5 Å². The first-order chi connectivity index (χ1) is 60.5. The van der Waals surface area contributed by atoms with Gasteiger partial charge in [-0.2, -0.15) is 10.1 Å². The Morgan fingerprint density at radius 2 is 1.46 bits per heavy atom. The van der Waals surface area contributed by atoms with E-state index in [1.807, 2.05) is 82.7 Å². The molecule has 7 aromatic rings. The number of cyclic esters (lactones) is 1. The van der Waals surface area contributed by atoms with Crippen LogP contribution < -0.4 is 26.6 Å². The van der Waals surface area contributed by atoms with Crippen molar-refractivity contribution in [3.8, 4) is 11.3 Å². The lowest BCUT2D eigenvalue weighted by Gasteiger charge is -2.36. The van der Waals surface area contributed by atoms with Crippen LogP contribution in [-0.2, 0) is 73.7 Å². The number of esters is 1. The molecule has 11 heterocycles. The average Bonchev–Trinajstić information content (AvgIpc) is 1.65. The number of carbonyl (C=O) groups excluding carboxylic acids is 7. The summed E-state index contributed by atoms with van der Waals surface area (Å²) in [5.41, 5.74) is 21.5. The van der Waals surface area contributed by atoms with Crippen molar-refractivity contribution in [3.05, 3.63) is 143 Å². The molecule has 14 rings (SSSR count). The molecular weight excluding hydrogens is 1590 g/mol. The first-order valence-electron chi connectivity index (χ1n) is 44.9. The molecule has 5 fully saturated rings. The first kappa shape index (κ1) is 90.3. The molecule has 1 saturated carbocycles. The zero-order chi connectivity index (χ0) is 87.6. The van der Waals surface area contributed by atoms with E-state index in [1.165, 1.54) is 16.8 Å². The molecule has 0 spiro atoms. The highest BCUT2D eigenvalue weighted by Gasteiger charge is 2.42. The van der Waals surface area contributed by atoms with Crippen molar-refractivity contribution >= 4 is 87.2 Å². The molecule has 7 aliphatic rings. The highest BCUT2D eigenvalue weighted by atomic mass is 16.6. The van der Waals surface area contributed by atoms with Crippen LogP contribution in [-0.4, -0.2) is 246 Å². The Morgan fingerprint density at radius 1 is 0.704 bits per heavy atom. The fraction of sp³-hybridized carbons (Fsp3) is 0.559. The summed E-state index contributed by atoms with van der Waals surface area (Å²) in [6, 6.07) is 11.0. The van der Waals surface area contributed by atoms with Gasteiger partial charge < -0.3 is 74.5 Å². The number of alkyl carbamates (subject to hydrolysis) is 1. The van der Waals surface area contributed by atoms with Crippen molar-refractivity contribution in [2.75, 3.05) is 114 Å². The number of hydrogen-bond donors (Lipinski definition) is 4. The van der Waals surface area contributed by atoms with E-state index in [9.17, 15) is 38.7 Å². The molecule has 4 amide bonds. The molecule has 2 bridgehead atoms. The number of oxazole rings is 1. The maximum atomic E-state index is 14.5. The maximum Gasteiger partial charge on any atom is 0.407 e. The number of allylic oxidation sites excluding steroid dienone is 6. The minimum atomic E-state index is -0.929. The molecule has 1 aliphatic carbocycles. The van der Waals surface area contributed by atoms with Crippen molar-refractivity contribution in [1.82, 2.24) is 69.6 Å². The minimum Gasteiger partial charge on any atom is -0.461 e. The van der Waals surface area contributed by atoms with E-state index in [4.69, 9.17) is 44.7 Å². The summed E-state index contributed by atoms with van der Waals surface area (Å²) in [4.78, 5) is 140. The number of carbonyl (C=O) groups is 7. The van der Waals surface area contributed by atoms with Gasteiger partial charge in [-0.1, -0.05) is 75.4 Å². The van der Waals surface area contributed by atoms with Gasteiger partial charge in [0.15, 0.2) is 11.2 Å². The molecule has 32 nitrogen and oxygen atoms in total. The van der Waals surface area contributed by atoms with Gasteiger partial charge in [0.25, 0.3) is 17.8 Å². The summed E-state index contributed by atoms with van der Waals surface area (Å²) >= 11 is 0. The number of piperidine rings is 1. The molecule has 0 radical (unpaired) electrons. The standard InChI is InChI=1S/C93H122N18O14/c1-59-13-8-7-9-14-61(3)80(120-6)49-73-15-12-17-79(122-73)84(115)88(117)110-32-11-10-16-75(110)89(118)123-71(25-18-60(2)46-63(5)77(113)50-76(112)62(4)45-59)26-20-64-21-27-72(28-22-64)124-93(119)100-53-66-51-96-91(97-52-66)108-40-38-106(39-41-108)81(114)31-43-121-44-42-105-34-36-107(37-35-105)92-98-54-70(55-99-92)87(116)109-33-30-67-47-65(19-23-69(67)57-109)56-111-86-82(85(94)101-58-102-86)83(104-111)68-24-29-78-74(48-68)103-90(95)125-78/h7-9,13-14,19,23-24,29,46-48,51-52,54-55,58-60,62,64,71-73,75,77,79-80,113H,10-12,15-18,20-22,25-28,30-45,49-50,53,56-57H2,1-6H3,(H2,95,103)(H,100,119)(H2,94,101,102)/b9-7?,13-8+,61-14?,63-46+/t59-,60+,62-,64?,71+,72?,73?,75+,77+,79?,80+/m1/s1. The molecule has 9 atom stereocenters. The van der Waals surface area contributed by atoms with Gasteiger partial charge in [-0.3, -0.25) is 28.9 Å². The molecule has 32 heteroatoms. The Hall–Kier alpha value is -10.9. The molecule has 6 N–H and O–H groups in total. The number of hydrogen-bond acceptors (Lipinski definition) is 27. The summed E-state index contributed by atoms with van der Waals surface area (Å²) < 4.78 is 38.0. The van der Waals surface area contributed by atoms with E-state index in [-0.39, 0.29) is 85.6 Å². The molecule has 2 unspecified atom stereocenters. The number of nitrogens with zero attached hydrogens (tertiary/aromatic N) is 15. The van der Waals surface area contributed by atoms with Gasteiger partial charge in [-0.25, -0.2) is 44.2 Å². The molecule has 125 heavy (non-hydrogen) atoms. The summed E-state index contributed by atoms with van der Waals surface area (Å²) in [6.45, 7) is 18.6. The maximum absolute atomic E-state index is 14.5. The number of aliphatic hydroxyl groups excluding tert-OH is 1. The van der Waals surface area contributed by atoms with Crippen LogP contribution in [0.2, 0.25) is 0 Å². The normalized spacial score (nSPS) is 25.5. The number of Topliss-reactive ketones (excluding diaryl/α,β-unsaturated/α-hetero) is 2. The van der Waals surface area contributed by atoms with Gasteiger partial charge in [0, 0.05) is 147 Å². The lowest BCUT2D eigenvalue weighted by molar-refractivity contribution is -0.167. The van der Waals surface area contributed by atoms with E-state index in [2.05, 4.69) is 88.1 Å². The summed E-state index contributed by atoms with van der Waals surface area (Å²) in [7, 11) is 1.65. The molecule has 6 aliphatic heterocycles. The smallest absolute Gasteiger partial charge is 0.407 e. The summed E-state index contributed by atoms with van der Waals surface area (Å²) in [5, 5.41) is 19.8. The number of nitrogens with one attached hydrogen (secondary N) is 1. The number of ether oxygens (including phenoxy) is 5. The van der Waals surface area contributed by atoms with E-state index in [0.29, 0.717) is 211 Å². The van der Waals surface area contributed by atoms with E-state index >= 15 is 0 Å². The van der Waals surface area contributed by atoms with E-state index in [1.54, 1.807) is 38.0 Å². The number of methoxy groups -OCH3 is 1. The minimum absolute atomic E-state index is 0.00766. The Morgan fingerprint density at radius 3 is 2.23 bits per heavy atom. The predicted octanol–water partition coefficient (Wildman–Crippen LogP) is 10.7. The van der Waals surface area contributed by atoms with Crippen molar-refractivity contribution in [3.63, 3.8) is 0 Å². The van der Waals surface area contributed by atoms with Crippen LogP contribution in [0.5, 0.6) is 0 Å². The van der Waals surface area contributed by atoms with Gasteiger partial charge in [0.2, 0.25) is 23.6 Å². The van der Waals surface area contributed by atoms with Crippen molar-refractivity contribution in [1.29, 1.82) is 0 Å². The number of amides is 4. The Balaban J connectivity index is 0.471. The third-order valence-electron chi connectivity index (χ3n) is 25.8. The van der Waals surface area contributed by atoms with Gasteiger partial charge in [-0.05, 0) is 180 Å². The van der Waals surface area contributed by atoms with Crippen LogP contribution >= 0.6 is 0 Å². The zero-order valence-electron chi connectivity index (χ0n) is 73.0. The number of nitrogen functional groups attached to an aromatic ring is 2. The number of piperazine rings is 2. The number of nitrogens with two attached hydrogens (primary N) is 2. The number of benzene rings is 2. The Kier molecular flexibility index (Phi) is 31.0. The van der Waals surface area contributed by atoms with Crippen LogP contribution in [0.3, 0.4) is 0 Å². The first-order valence-corrected chi connectivity index (χ1v) is 44.9. The summed E-state index contributed by atoms with van der Waals surface area (Å²) in [5.74, 6) is -0.326. The third-order valence-corrected chi connectivity index (χ3v) is 25.8. The number of anilines is 4. The molecule has 2 aromatic carbocycles. The fourth-order valence-corrected chi connectivity index (χ4v) is 18.4. The molecule has 4 saturated heterocycles. The van der Waals surface area contributed by atoms with Crippen molar-refractivity contribution in [2.24, 2.45) is 23.7 Å². The van der Waals surface area contributed by atoms with E-state index in [0.717, 1.165) is 80.7 Å². The van der Waals surface area contributed by atoms with Crippen LogP contribution in [0.1, 0.15) is 183 Å². The number of fused-ring (bicyclic) bond motifs is 6. The third kappa shape index (κ3) is 23.8. The van der Waals surface area contributed by atoms with Crippen LogP contribution in [0, 0.1) is 23.7 Å². The number of aliphatic hydroxyl groups is 1. The highest BCUT2D eigenvalue weighted by Crippen LogP contribution is 2.37. The second-order valence-corrected chi connectivity index (χ2v) is 35.0.